The number of piperidine rings is 1. The molecule has 0 aromatic rings. The second kappa shape index (κ2) is 7.28. The van der Waals surface area contributed by atoms with E-state index in [0.29, 0.717) is 19.5 Å². The van der Waals surface area contributed by atoms with Gasteiger partial charge in [-0.3, -0.25) is 9.59 Å². The van der Waals surface area contributed by atoms with E-state index in [1.165, 1.54) is 0 Å². The summed E-state index contributed by atoms with van der Waals surface area (Å²) in [6.45, 7) is 8.66. The van der Waals surface area contributed by atoms with E-state index >= 15 is 0 Å². The molecule has 0 aliphatic carbocycles. The molecule has 0 aromatic heterocycles. The summed E-state index contributed by atoms with van der Waals surface area (Å²) in [5, 5.41) is 3.01. The number of likely N-dealkylation sites (tertiary alicyclic amines) is 1. The second-order valence-electron chi connectivity index (χ2n) is 5.39. The molecule has 1 aliphatic heterocycles. The number of rotatable bonds is 5. The maximum atomic E-state index is 12.0. The fourth-order valence-electron chi connectivity index (χ4n) is 2.13. The lowest BCUT2D eigenvalue weighted by Crippen LogP contribution is -2.51. The Hall–Kier alpha value is -1.36. The van der Waals surface area contributed by atoms with Gasteiger partial charge in [-0.1, -0.05) is 19.9 Å². The Morgan fingerprint density at radius 2 is 2.00 bits per heavy atom. The van der Waals surface area contributed by atoms with E-state index in [9.17, 15) is 9.59 Å². The van der Waals surface area contributed by atoms with Crippen molar-refractivity contribution >= 4 is 11.8 Å². The predicted molar refractivity (Wildman–Crippen MR) is 75.4 cm³/mol. The smallest absolute Gasteiger partial charge is 0.239 e. The highest BCUT2D eigenvalue weighted by atomic mass is 16.2. The van der Waals surface area contributed by atoms with Crippen molar-refractivity contribution in [3.63, 3.8) is 0 Å². The molecule has 0 radical (unpaired) electrons. The summed E-state index contributed by atoms with van der Waals surface area (Å²) in [4.78, 5) is 25.4. The summed E-state index contributed by atoms with van der Waals surface area (Å²) in [7, 11) is 0. The monoisotopic (exact) mass is 267 g/mol. The van der Waals surface area contributed by atoms with Gasteiger partial charge in [0.2, 0.25) is 11.8 Å². The largest absolute Gasteiger partial charge is 0.353 e. The minimum Gasteiger partial charge on any atom is -0.353 e. The van der Waals surface area contributed by atoms with Crippen molar-refractivity contribution in [1.82, 2.24) is 10.2 Å². The molecule has 2 amide bonds. The van der Waals surface area contributed by atoms with Crippen molar-refractivity contribution in [3.8, 4) is 0 Å². The van der Waals surface area contributed by atoms with E-state index in [1.807, 2.05) is 13.8 Å². The van der Waals surface area contributed by atoms with Gasteiger partial charge in [0, 0.05) is 25.0 Å². The molecule has 0 saturated carbocycles. The summed E-state index contributed by atoms with van der Waals surface area (Å²) in [6, 6.07) is -0.311. The number of nitrogens with two attached hydrogens (primary N) is 1. The molecule has 1 fully saturated rings. The summed E-state index contributed by atoms with van der Waals surface area (Å²) >= 11 is 0. The van der Waals surface area contributed by atoms with Gasteiger partial charge >= 0.3 is 0 Å². The Bertz CT molecular complexity index is 334. The highest BCUT2D eigenvalue weighted by molar-refractivity contribution is 5.82. The number of carbonyl (C=O) groups is 2. The maximum absolute atomic E-state index is 12.0. The van der Waals surface area contributed by atoms with E-state index < -0.39 is 6.04 Å². The Kier molecular flexibility index (Phi) is 6.02. The van der Waals surface area contributed by atoms with Gasteiger partial charge in [0.05, 0.1) is 6.04 Å². The first-order valence-corrected chi connectivity index (χ1v) is 6.91. The maximum Gasteiger partial charge on any atom is 0.239 e. The first-order chi connectivity index (χ1) is 8.95. The lowest BCUT2D eigenvalue weighted by atomic mass is 10.0. The van der Waals surface area contributed by atoms with Gasteiger partial charge < -0.3 is 16.0 Å². The van der Waals surface area contributed by atoms with E-state index in [-0.39, 0.29) is 23.8 Å². The van der Waals surface area contributed by atoms with E-state index in [1.54, 1.807) is 11.0 Å². The average molecular weight is 267 g/mol. The van der Waals surface area contributed by atoms with Crippen LogP contribution < -0.4 is 11.1 Å². The molecule has 1 atom stereocenters. The van der Waals surface area contributed by atoms with Gasteiger partial charge in [-0.05, 0) is 19.3 Å². The van der Waals surface area contributed by atoms with Crippen LogP contribution in [0.3, 0.4) is 0 Å². The van der Waals surface area contributed by atoms with Crippen molar-refractivity contribution in [2.75, 3.05) is 13.1 Å². The minimum absolute atomic E-state index is 0.000625. The molecule has 0 bridgehead atoms. The zero-order valence-corrected chi connectivity index (χ0v) is 11.9. The molecule has 19 heavy (non-hydrogen) atoms. The van der Waals surface area contributed by atoms with Crippen LogP contribution in [0, 0.1) is 5.92 Å². The first-order valence-electron chi connectivity index (χ1n) is 6.91. The van der Waals surface area contributed by atoms with Crippen molar-refractivity contribution in [1.29, 1.82) is 0 Å². The Balaban J connectivity index is 2.38. The van der Waals surface area contributed by atoms with E-state index in [4.69, 9.17) is 5.73 Å². The van der Waals surface area contributed by atoms with Crippen LogP contribution in [0.1, 0.15) is 33.1 Å². The van der Waals surface area contributed by atoms with E-state index in [2.05, 4.69) is 11.9 Å². The van der Waals surface area contributed by atoms with Crippen LogP contribution in [0.2, 0.25) is 0 Å². The van der Waals surface area contributed by atoms with Crippen LogP contribution >= 0.6 is 0 Å². The molecule has 1 aliphatic rings. The third-order valence-corrected chi connectivity index (χ3v) is 3.42. The molecule has 1 rings (SSSR count). The third-order valence-electron chi connectivity index (χ3n) is 3.42. The fraction of sp³-hybridized carbons (Fsp3) is 0.714. The highest BCUT2D eigenvalue weighted by Gasteiger charge is 2.26. The number of nitrogens with one attached hydrogen (secondary N) is 1. The number of amides is 2. The normalized spacial score (nSPS) is 18.2. The standard InChI is InChI=1S/C14H25N3O2/c1-4-5-12(15)14(19)17-8-6-11(7-9-17)16-13(18)10(2)3/h4,10-12H,1,5-9,15H2,2-3H3,(H,16,18). The highest BCUT2D eigenvalue weighted by Crippen LogP contribution is 2.12. The molecule has 0 aromatic carbocycles. The summed E-state index contributed by atoms with van der Waals surface area (Å²) in [6.07, 6.45) is 3.76. The molecule has 1 saturated heterocycles. The van der Waals surface area contributed by atoms with E-state index in [0.717, 1.165) is 12.8 Å². The number of nitrogens with zero attached hydrogens (tertiary/aromatic N) is 1. The van der Waals surface area contributed by atoms with Crippen LogP contribution in [0.4, 0.5) is 0 Å². The van der Waals surface area contributed by atoms with Gasteiger partial charge in [-0.2, -0.15) is 0 Å². The molecular weight excluding hydrogens is 242 g/mol. The second-order valence-corrected chi connectivity index (χ2v) is 5.39. The van der Waals surface area contributed by atoms with Crippen molar-refractivity contribution in [2.45, 2.75) is 45.2 Å². The van der Waals surface area contributed by atoms with Crippen LogP contribution in [0.15, 0.2) is 12.7 Å². The van der Waals surface area contributed by atoms with Gasteiger partial charge in [0.25, 0.3) is 0 Å². The van der Waals surface area contributed by atoms with Crippen molar-refractivity contribution in [2.24, 2.45) is 11.7 Å². The molecule has 5 heteroatoms. The van der Waals surface area contributed by atoms with Crippen molar-refractivity contribution in [3.05, 3.63) is 12.7 Å². The SMILES string of the molecule is C=CCC(N)C(=O)N1CCC(NC(=O)C(C)C)CC1. The first kappa shape index (κ1) is 15.7. The lowest BCUT2D eigenvalue weighted by molar-refractivity contribution is -0.133. The molecule has 5 nitrogen and oxygen atoms in total. The molecule has 3 N–H and O–H groups in total. The molecular formula is C14H25N3O2. The van der Waals surface area contributed by atoms with Crippen LogP contribution in [-0.4, -0.2) is 41.9 Å². The molecule has 1 unspecified atom stereocenters. The van der Waals surface area contributed by atoms with Gasteiger partial charge in [0.15, 0.2) is 0 Å². The quantitative estimate of drug-likeness (QED) is 0.718. The lowest BCUT2D eigenvalue weighted by Gasteiger charge is -2.34. The topological polar surface area (TPSA) is 75.4 Å². The van der Waals surface area contributed by atoms with Gasteiger partial charge in [-0.25, -0.2) is 0 Å². The van der Waals surface area contributed by atoms with Crippen LogP contribution in [0.5, 0.6) is 0 Å². The minimum atomic E-state index is -0.487. The zero-order chi connectivity index (χ0) is 14.4. The number of carbonyl (C=O) groups excluding carboxylic acids is 2. The van der Waals surface area contributed by atoms with Crippen LogP contribution in [-0.2, 0) is 9.59 Å². The van der Waals surface area contributed by atoms with Gasteiger partial charge in [-0.15, -0.1) is 6.58 Å². The molecule has 0 spiro atoms. The summed E-state index contributed by atoms with van der Waals surface area (Å²) < 4.78 is 0. The third kappa shape index (κ3) is 4.67. The number of hydrogen-bond donors (Lipinski definition) is 2. The Morgan fingerprint density at radius 3 is 2.47 bits per heavy atom. The zero-order valence-electron chi connectivity index (χ0n) is 11.9. The van der Waals surface area contributed by atoms with Gasteiger partial charge in [0.1, 0.15) is 0 Å². The fourth-order valence-corrected chi connectivity index (χ4v) is 2.13. The Morgan fingerprint density at radius 1 is 1.42 bits per heavy atom. The molecule has 1 heterocycles. The Labute approximate surface area is 115 Å². The predicted octanol–water partition coefficient (Wildman–Crippen LogP) is 0.653. The average Bonchev–Trinajstić information content (AvgIpc) is 2.39. The summed E-state index contributed by atoms with van der Waals surface area (Å²) in [5.74, 6) is 0.0577. The van der Waals surface area contributed by atoms with Crippen molar-refractivity contribution < 1.29 is 9.59 Å². The summed E-state index contributed by atoms with van der Waals surface area (Å²) in [5.41, 5.74) is 5.78. The molecule has 108 valence electrons. The van der Waals surface area contributed by atoms with Crippen LogP contribution in [0.25, 0.3) is 0 Å². The number of hydrogen-bond acceptors (Lipinski definition) is 3.